The Morgan fingerprint density at radius 2 is 0.875 bits per heavy atom. The maximum Gasteiger partial charge on any atom is -0.0149 e. The van der Waals surface area contributed by atoms with Gasteiger partial charge in [-0.2, -0.15) is 0 Å². The van der Waals surface area contributed by atoms with Gasteiger partial charge >= 0.3 is 0 Å². The van der Waals surface area contributed by atoms with Crippen molar-refractivity contribution in [2.75, 3.05) is 0 Å². The van der Waals surface area contributed by atoms with Crippen LogP contribution in [0.15, 0.2) is 158 Å². The van der Waals surface area contributed by atoms with Crippen molar-refractivity contribution in [1.29, 1.82) is 0 Å². The maximum absolute atomic E-state index is 2.34. The highest BCUT2D eigenvalue weighted by Gasteiger charge is 2.12. The van der Waals surface area contributed by atoms with Crippen LogP contribution in [-0.2, 0) is 0 Å². The van der Waals surface area contributed by atoms with E-state index in [0.29, 0.717) is 0 Å². The van der Waals surface area contributed by atoms with Gasteiger partial charge in [0.15, 0.2) is 0 Å². The van der Waals surface area contributed by atoms with Crippen LogP contribution in [-0.4, -0.2) is 0 Å². The van der Waals surface area contributed by atoms with Gasteiger partial charge in [-0.25, -0.2) is 0 Å². The van der Waals surface area contributed by atoms with E-state index in [1.165, 1.54) is 84.3 Å². The summed E-state index contributed by atoms with van der Waals surface area (Å²) in [6.45, 7) is 13.1. The van der Waals surface area contributed by atoms with Gasteiger partial charge in [0.25, 0.3) is 0 Å². The molecule has 240 valence electrons. The molecule has 0 aliphatic heterocycles. The zero-order chi connectivity index (χ0) is 33.9. The zero-order valence-corrected chi connectivity index (χ0v) is 29.4. The topological polar surface area (TPSA) is 0 Å². The van der Waals surface area contributed by atoms with Gasteiger partial charge in [-0.05, 0) is 133 Å². The SMILES string of the molecule is Cc1cc(C2=CCCC=C2)cc(-c2ccccc2)c1.Cc1ccccc1.Cc1ccccc1-c1ccc(-c2ccccc2C)c(C)c1C. The molecule has 48 heavy (non-hydrogen) atoms. The van der Waals surface area contributed by atoms with Crippen molar-refractivity contribution in [3.05, 3.63) is 197 Å². The fraction of sp³-hybridized carbons (Fsp3) is 0.167. The quantitative estimate of drug-likeness (QED) is 0.183. The number of allylic oxidation sites excluding steroid dienone is 4. The minimum absolute atomic E-state index is 1.15. The van der Waals surface area contributed by atoms with Crippen molar-refractivity contribution in [1.82, 2.24) is 0 Å². The van der Waals surface area contributed by atoms with Crippen LogP contribution in [0.4, 0.5) is 0 Å². The molecule has 6 aromatic rings. The number of rotatable bonds is 4. The third kappa shape index (κ3) is 8.78. The Bertz CT molecular complexity index is 1940. The molecule has 0 heteroatoms. The van der Waals surface area contributed by atoms with E-state index in [2.05, 4.69) is 181 Å². The van der Waals surface area contributed by atoms with Crippen LogP contribution in [0.3, 0.4) is 0 Å². The highest BCUT2D eigenvalue weighted by atomic mass is 14.2. The van der Waals surface area contributed by atoms with Crippen LogP contribution in [0.1, 0.15) is 51.8 Å². The Morgan fingerprint density at radius 3 is 1.35 bits per heavy atom. The number of aryl methyl sites for hydroxylation is 4. The van der Waals surface area contributed by atoms with Crippen LogP contribution >= 0.6 is 0 Å². The summed E-state index contributed by atoms with van der Waals surface area (Å²) in [7, 11) is 0. The monoisotopic (exact) mass is 624 g/mol. The number of hydrogen-bond donors (Lipinski definition) is 0. The maximum atomic E-state index is 2.34. The van der Waals surface area contributed by atoms with Crippen LogP contribution < -0.4 is 0 Å². The molecule has 0 spiro atoms. The molecule has 0 saturated carbocycles. The molecule has 1 aliphatic carbocycles. The van der Waals surface area contributed by atoms with Crippen molar-refractivity contribution < 1.29 is 0 Å². The van der Waals surface area contributed by atoms with E-state index in [9.17, 15) is 0 Å². The van der Waals surface area contributed by atoms with Gasteiger partial charge in [-0.15, -0.1) is 0 Å². The Balaban J connectivity index is 0.000000158. The predicted molar refractivity (Wildman–Crippen MR) is 210 cm³/mol. The van der Waals surface area contributed by atoms with Gasteiger partial charge in [0, 0.05) is 0 Å². The van der Waals surface area contributed by atoms with Crippen LogP contribution in [0.2, 0.25) is 0 Å². The summed E-state index contributed by atoms with van der Waals surface area (Å²) < 4.78 is 0. The first-order valence-corrected chi connectivity index (χ1v) is 17.1. The van der Waals surface area contributed by atoms with Crippen molar-refractivity contribution in [3.63, 3.8) is 0 Å². The van der Waals surface area contributed by atoms with Gasteiger partial charge < -0.3 is 0 Å². The molecule has 0 amide bonds. The normalized spacial score (nSPS) is 11.8. The molecular formula is C48H48. The van der Waals surface area contributed by atoms with E-state index in [4.69, 9.17) is 0 Å². The van der Waals surface area contributed by atoms with Crippen molar-refractivity contribution in [2.24, 2.45) is 0 Å². The average molecular weight is 625 g/mol. The highest BCUT2D eigenvalue weighted by molar-refractivity contribution is 5.80. The Kier molecular flexibility index (Phi) is 11.8. The van der Waals surface area contributed by atoms with Gasteiger partial charge in [-0.3, -0.25) is 0 Å². The Labute approximate surface area is 289 Å². The molecule has 0 radical (unpaired) electrons. The summed E-state index contributed by atoms with van der Waals surface area (Å²) in [5.74, 6) is 0. The average Bonchev–Trinajstić information content (AvgIpc) is 3.12. The molecule has 0 unspecified atom stereocenters. The lowest BCUT2D eigenvalue weighted by Crippen LogP contribution is -1.94. The molecule has 6 aromatic carbocycles. The van der Waals surface area contributed by atoms with E-state index in [0.717, 1.165) is 6.42 Å². The van der Waals surface area contributed by atoms with E-state index in [1.807, 2.05) is 18.2 Å². The zero-order valence-electron chi connectivity index (χ0n) is 29.4. The largest absolute Gasteiger partial charge is 0.0836 e. The first-order valence-electron chi connectivity index (χ1n) is 17.1. The highest BCUT2D eigenvalue weighted by Crippen LogP contribution is 2.35. The van der Waals surface area contributed by atoms with Crippen LogP contribution in [0, 0.1) is 41.5 Å². The van der Waals surface area contributed by atoms with Gasteiger partial charge in [-0.1, -0.05) is 157 Å². The molecule has 7 rings (SSSR count). The lowest BCUT2D eigenvalue weighted by molar-refractivity contribution is 1.04. The summed E-state index contributed by atoms with van der Waals surface area (Å²) >= 11 is 0. The first kappa shape index (κ1) is 34.1. The lowest BCUT2D eigenvalue weighted by Gasteiger charge is -2.16. The number of hydrogen-bond acceptors (Lipinski definition) is 0. The molecule has 0 heterocycles. The van der Waals surface area contributed by atoms with E-state index < -0.39 is 0 Å². The number of benzene rings is 6. The summed E-state index contributed by atoms with van der Waals surface area (Å²) in [6, 6.07) is 49.4. The second kappa shape index (κ2) is 16.6. The minimum atomic E-state index is 1.15. The third-order valence-corrected chi connectivity index (χ3v) is 9.11. The van der Waals surface area contributed by atoms with Gasteiger partial charge in [0.1, 0.15) is 0 Å². The second-order valence-electron chi connectivity index (χ2n) is 12.8. The minimum Gasteiger partial charge on any atom is -0.0836 e. The van der Waals surface area contributed by atoms with Gasteiger partial charge in [0.2, 0.25) is 0 Å². The van der Waals surface area contributed by atoms with E-state index >= 15 is 0 Å². The molecule has 0 atom stereocenters. The molecule has 1 aliphatic rings. The summed E-state index contributed by atoms with van der Waals surface area (Å²) in [5.41, 5.74) is 18.6. The molecule has 0 fully saturated rings. The first-order chi connectivity index (χ1) is 23.3. The van der Waals surface area contributed by atoms with Crippen molar-refractivity contribution in [2.45, 2.75) is 54.4 Å². The molecule has 0 bridgehead atoms. The molecule has 0 N–H and O–H groups in total. The molecule has 0 nitrogen and oxygen atoms in total. The summed E-state index contributed by atoms with van der Waals surface area (Å²) in [4.78, 5) is 0. The smallest absolute Gasteiger partial charge is 0.0149 e. The fourth-order valence-electron chi connectivity index (χ4n) is 6.26. The van der Waals surface area contributed by atoms with E-state index in [-0.39, 0.29) is 0 Å². The molecule has 0 saturated heterocycles. The standard InChI is InChI=1S/C22H22.C19H18.C7H8/c1-15-9-5-7-11-19(15)21-13-14-22(18(4)17(21)3)20-12-8-6-10-16(20)2;1-15-12-18(16-8-4-2-5-9-16)14-19(13-15)17-10-6-3-7-11-17;1-7-5-3-2-4-6-7/h5-14H,1-4H3;2,4-6,8-14H,3,7H2,1H3;2-6H,1H3. The second-order valence-corrected chi connectivity index (χ2v) is 12.8. The summed E-state index contributed by atoms with van der Waals surface area (Å²) in [6.07, 6.45) is 9.16. The van der Waals surface area contributed by atoms with Crippen molar-refractivity contribution >= 4 is 5.57 Å². The summed E-state index contributed by atoms with van der Waals surface area (Å²) in [5, 5.41) is 0. The fourth-order valence-corrected chi connectivity index (χ4v) is 6.26. The Hall–Kier alpha value is -5.20. The lowest BCUT2D eigenvalue weighted by atomic mass is 9.88. The van der Waals surface area contributed by atoms with E-state index in [1.54, 1.807) is 0 Å². The van der Waals surface area contributed by atoms with Crippen molar-refractivity contribution in [3.8, 4) is 33.4 Å². The molecular weight excluding hydrogens is 577 g/mol. The Morgan fingerprint density at radius 1 is 0.375 bits per heavy atom. The molecule has 0 aromatic heterocycles. The van der Waals surface area contributed by atoms with Gasteiger partial charge in [0.05, 0.1) is 0 Å². The van der Waals surface area contributed by atoms with Crippen LogP contribution in [0.5, 0.6) is 0 Å². The third-order valence-electron chi connectivity index (χ3n) is 9.11. The predicted octanol–water partition coefficient (Wildman–Crippen LogP) is 13.6. The van der Waals surface area contributed by atoms with Crippen LogP contribution in [0.25, 0.3) is 39.0 Å².